The number of aryl methyl sites for hydroxylation is 1. The van der Waals surface area contributed by atoms with Gasteiger partial charge in [-0.25, -0.2) is 0 Å². The standard InChI is InChI=1S/C24H17NO/c1-15-21-19-13-7-5-11-17(19)18-12-6-8-14-20(18)24(26)23(21)25-22(15)16-9-3-2-4-10-16/h2-14,25H,1H3. The minimum Gasteiger partial charge on any atom is -0.351 e. The van der Waals surface area contributed by atoms with Gasteiger partial charge in [0.25, 0.3) is 0 Å². The first-order valence-electron chi connectivity index (χ1n) is 8.77. The zero-order valence-corrected chi connectivity index (χ0v) is 14.4. The minimum atomic E-state index is 0.0529. The molecular weight excluding hydrogens is 318 g/mol. The van der Waals surface area contributed by atoms with Gasteiger partial charge in [-0.1, -0.05) is 78.9 Å². The van der Waals surface area contributed by atoms with Crippen molar-refractivity contribution in [3.63, 3.8) is 0 Å². The van der Waals surface area contributed by atoms with E-state index >= 15 is 0 Å². The number of fused-ring (bicyclic) bond motifs is 5. The third kappa shape index (κ3) is 2.02. The van der Waals surface area contributed by atoms with Gasteiger partial charge >= 0.3 is 0 Å². The Morgan fingerprint density at radius 3 is 1.88 bits per heavy atom. The Labute approximate surface area is 150 Å². The molecule has 0 bridgehead atoms. The van der Waals surface area contributed by atoms with E-state index in [1.807, 2.05) is 54.6 Å². The second-order valence-corrected chi connectivity index (χ2v) is 6.66. The summed E-state index contributed by atoms with van der Waals surface area (Å²) in [7, 11) is 0. The Morgan fingerprint density at radius 1 is 0.654 bits per heavy atom. The lowest BCUT2D eigenvalue weighted by molar-refractivity contribution is 1.40. The van der Waals surface area contributed by atoms with E-state index in [2.05, 4.69) is 36.2 Å². The number of hydrogen-bond acceptors (Lipinski definition) is 1. The molecule has 4 aromatic carbocycles. The van der Waals surface area contributed by atoms with E-state index in [9.17, 15) is 4.79 Å². The first kappa shape index (κ1) is 14.9. The predicted molar refractivity (Wildman–Crippen MR) is 110 cm³/mol. The van der Waals surface area contributed by atoms with Crippen LogP contribution in [0.4, 0.5) is 0 Å². The molecule has 1 N–H and O–H groups in total. The molecule has 0 radical (unpaired) electrons. The third-order valence-corrected chi connectivity index (χ3v) is 5.20. The van der Waals surface area contributed by atoms with E-state index < -0.39 is 0 Å². The minimum absolute atomic E-state index is 0.0529. The molecule has 0 fully saturated rings. The molecule has 0 aliphatic rings. The van der Waals surface area contributed by atoms with Crippen LogP contribution < -0.4 is 5.43 Å². The number of nitrogens with one attached hydrogen (secondary N) is 1. The Morgan fingerprint density at radius 2 is 1.19 bits per heavy atom. The van der Waals surface area contributed by atoms with E-state index in [1.54, 1.807) is 0 Å². The van der Waals surface area contributed by atoms with E-state index in [4.69, 9.17) is 0 Å². The lowest BCUT2D eigenvalue weighted by Gasteiger charge is -2.01. The van der Waals surface area contributed by atoms with Gasteiger partial charge in [0.2, 0.25) is 5.43 Å². The maximum absolute atomic E-state index is 13.4. The summed E-state index contributed by atoms with van der Waals surface area (Å²) in [4.78, 5) is 16.8. The van der Waals surface area contributed by atoms with E-state index in [-0.39, 0.29) is 5.43 Å². The summed E-state index contributed by atoms with van der Waals surface area (Å²) in [5, 5.41) is 4.98. The summed E-state index contributed by atoms with van der Waals surface area (Å²) in [6.45, 7) is 2.09. The molecule has 0 aliphatic heterocycles. The van der Waals surface area contributed by atoms with Crippen molar-refractivity contribution in [3.8, 4) is 11.3 Å². The van der Waals surface area contributed by atoms with Gasteiger partial charge in [-0.05, 0) is 34.2 Å². The number of H-pyrrole nitrogens is 1. The number of benzene rings is 3. The van der Waals surface area contributed by atoms with Crippen LogP contribution in [0, 0.1) is 6.92 Å². The highest BCUT2D eigenvalue weighted by atomic mass is 16.1. The zero-order valence-electron chi connectivity index (χ0n) is 14.4. The van der Waals surface area contributed by atoms with Crippen LogP contribution in [0.2, 0.25) is 0 Å². The Balaban J connectivity index is 2.09. The van der Waals surface area contributed by atoms with Crippen molar-refractivity contribution >= 4 is 32.4 Å². The fourth-order valence-corrected chi connectivity index (χ4v) is 3.98. The van der Waals surface area contributed by atoms with Crippen molar-refractivity contribution in [3.05, 3.63) is 94.6 Å². The van der Waals surface area contributed by atoms with E-state index in [0.29, 0.717) is 5.52 Å². The fourth-order valence-electron chi connectivity index (χ4n) is 3.98. The van der Waals surface area contributed by atoms with Gasteiger partial charge in [0.05, 0.1) is 5.52 Å². The van der Waals surface area contributed by atoms with Crippen molar-refractivity contribution < 1.29 is 0 Å². The number of aromatic amines is 1. The van der Waals surface area contributed by atoms with Crippen molar-refractivity contribution in [2.75, 3.05) is 0 Å². The van der Waals surface area contributed by atoms with E-state index in [1.165, 1.54) is 0 Å². The summed E-state index contributed by atoms with van der Waals surface area (Å²) in [6, 6.07) is 26.3. The third-order valence-electron chi connectivity index (χ3n) is 5.20. The van der Waals surface area contributed by atoms with Gasteiger partial charge in [-0.15, -0.1) is 0 Å². The molecule has 5 rings (SSSR count). The lowest BCUT2D eigenvalue weighted by Crippen LogP contribution is -1.98. The second-order valence-electron chi connectivity index (χ2n) is 6.66. The summed E-state index contributed by atoms with van der Waals surface area (Å²) < 4.78 is 0. The summed E-state index contributed by atoms with van der Waals surface area (Å²) in [6.07, 6.45) is 0. The smallest absolute Gasteiger partial charge is 0.210 e. The Hall–Kier alpha value is -3.39. The lowest BCUT2D eigenvalue weighted by atomic mass is 10.0. The maximum Gasteiger partial charge on any atom is 0.210 e. The van der Waals surface area contributed by atoms with Crippen LogP contribution in [0.15, 0.2) is 83.7 Å². The van der Waals surface area contributed by atoms with Gasteiger partial charge in [-0.2, -0.15) is 0 Å². The molecule has 0 saturated carbocycles. The monoisotopic (exact) mass is 335 g/mol. The van der Waals surface area contributed by atoms with Crippen LogP contribution in [0.3, 0.4) is 0 Å². The van der Waals surface area contributed by atoms with Gasteiger partial charge in [0.15, 0.2) is 0 Å². The SMILES string of the molecule is Cc1c(-c2ccccc2)[nH]c2c(=O)c3ccccc3c3ccccc3c12. The Bertz CT molecular complexity index is 1350. The van der Waals surface area contributed by atoms with Crippen molar-refractivity contribution in [1.82, 2.24) is 4.98 Å². The molecular formula is C24H17NO. The predicted octanol–water partition coefficient (Wildman–Crippen LogP) is 5.81. The first-order valence-corrected chi connectivity index (χ1v) is 8.77. The number of hydrogen-bond donors (Lipinski definition) is 1. The zero-order chi connectivity index (χ0) is 17.7. The molecule has 5 aromatic rings. The summed E-state index contributed by atoms with van der Waals surface area (Å²) in [5.41, 5.74) is 3.95. The highest BCUT2D eigenvalue weighted by Gasteiger charge is 2.16. The molecule has 0 atom stereocenters. The molecule has 1 aromatic heterocycles. The highest BCUT2D eigenvalue weighted by molar-refractivity contribution is 6.18. The van der Waals surface area contributed by atoms with Crippen molar-refractivity contribution in [2.45, 2.75) is 6.92 Å². The normalized spacial score (nSPS) is 11.4. The molecule has 0 aliphatic carbocycles. The maximum atomic E-state index is 13.4. The molecule has 0 spiro atoms. The molecule has 0 amide bonds. The van der Waals surface area contributed by atoms with Crippen molar-refractivity contribution in [1.29, 1.82) is 0 Å². The van der Waals surface area contributed by atoms with Crippen LogP contribution in [0.25, 0.3) is 43.7 Å². The van der Waals surface area contributed by atoms with Crippen LogP contribution in [0.5, 0.6) is 0 Å². The molecule has 2 nitrogen and oxygen atoms in total. The summed E-state index contributed by atoms with van der Waals surface area (Å²) >= 11 is 0. The topological polar surface area (TPSA) is 32.9 Å². The van der Waals surface area contributed by atoms with Gasteiger partial charge in [0.1, 0.15) is 0 Å². The molecule has 1 heterocycles. The van der Waals surface area contributed by atoms with Gasteiger partial charge in [-0.3, -0.25) is 4.79 Å². The number of rotatable bonds is 1. The summed E-state index contributed by atoms with van der Waals surface area (Å²) in [5.74, 6) is 0. The quantitative estimate of drug-likeness (QED) is 0.412. The van der Waals surface area contributed by atoms with Crippen LogP contribution >= 0.6 is 0 Å². The van der Waals surface area contributed by atoms with Crippen LogP contribution in [0.1, 0.15) is 5.56 Å². The molecule has 0 unspecified atom stereocenters. The average Bonchev–Trinajstić information content (AvgIpc) is 3.00. The first-order chi connectivity index (χ1) is 12.8. The van der Waals surface area contributed by atoms with Crippen LogP contribution in [-0.2, 0) is 0 Å². The fraction of sp³-hybridized carbons (Fsp3) is 0.0417. The highest BCUT2D eigenvalue weighted by Crippen LogP contribution is 2.34. The Kier molecular flexibility index (Phi) is 3.19. The van der Waals surface area contributed by atoms with Crippen molar-refractivity contribution in [2.24, 2.45) is 0 Å². The second kappa shape index (κ2) is 5.57. The van der Waals surface area contributed by atoms with Gasteiger partial charge < -0.3 is 4.98 Å². The average molecular weight is 335 g/mol. The molecule has 124 valence electrons. The largest absolute Gasteiger partial charge is 0.351 e. The van der Waals surface area contributed by atoms with Gasteiger partial charge in [0, 0.05) is 16.5 Å². The van der Waals surface area contributed by atoms with Crippen LogP contribution in [-0.4, -0.2) is 4.98 Å². The number of aromatic nitrogens is 1. The molecule has 2 heteroatoms. The molecule has 0 saturated heterocycles. The van der Waals surface area contributed by atoms with E-state index in [0.717, 1.165) is 43.8 Å². The molecule has 26 heavy (non-hydrogen) atoms.